The molecule has 0 spiro atoms. The van der Waals surface area contributed by atoms with Crippen molar-refractivity contribution in [2.45, 2.75) is 63.2 Å². The summed E-state index contributed by atoms with van der Waals surface area (Å²) in [6.07, 6.45) is 1.42. The van der Waals surface area contributed by atoms with Gasteiger partial charge in [0.2, 0.25) is 0 Å². The van der Waals surface area contributed by atoms with Gasteiger partial charge in [-0.25, -0.2) is 14.4 Å². The van der Waals surface area contributed by atoms with E-state index < -0.39 is 40.6 Å². The molecule has 0 aliphatic heterocycles. The van der Waals surface area contributed by atoms with Crippen LogP contribution < -0.4 is 10.6 Å². The van der Waals surface area contributed by atoms with E-state index in [4.69, 9.17) is 9.47 Å². The minimum atomic E-state index is -1.15. The van der Waals surface area contributed by atoms with Crippen LogP contribution in [0.1, 0.15) is 45.6 Å². The van der Waals surface area contributed by atoms with Crippen molar-refractivity contribution in [1.82, 2.24) is 10.6 Å². The van der Waals surface area contributed by atoms with Crippen molar-refractivity contribution in [1.29, 1.82) is 0 Å². The molecule has 9 nitrogen and oxygen atoms in total. The molecule has 0 saturated heterocycles. The topological polar surface area (TPSA) is 131 Å². The Morgan fingerprint density at radius 2 is 1.73 bits per heavy atom. The number of hydrogen-bond acceptors (Lipinski definition) is 6. The number of nitrogens with one attached hydrogen (secondary N) is 2. The molecule has 0 radical (unpaired) electrons. The number of carbonyl (C=O) groups is 3. The van der Waals surface area contributed by atoms with Gasteiger partial charge in [0.1, 0.15) is 18.2 Å². The van der Waals surface area contributed by atoms with Crippen LogP contribution in [-0.2, 0) is 31.7 Å². The van der Waals surface area contributed by atoms with Gasteiger partial charge >= 0.3 is 18.2 Å². The third-order valence-corrected chi connectivity index (χ3v) is 4.74. The van der Waals surface area contributed by atoms with Gasteiger partial charge in [-0.05, 0) is 57.7 Å². The monoisotopic (exact) mass is 442 g/mol. The lowest BCUT2D eigenvalue weighted by Gasteiger charge is -2.22. The summed E-state index contributed by atoms with van der Waals surface area (Å²) in [4.78, 5) is 35.4. The highest BCUT2D eigenvalue weighted by Crippen LogP contribution is 2.10. The van der Waals surface area contributed by atoms with E-state index in [0.29, 0.717) is 24.3 Å². The first-order chi connectivity index (χ1) is 14.0. The summed E-state index contributed by atoms with van der Waals surface area (Å²) in [6, 6.07) is 5.86. The second-order valence-electron chi connectivity index (χ2n) is 7.63. The van der Waals surface area contributed by atoms with Crippen molar-refractivity contribution in [3.05, 3.63) is 29.8 Å². The van der Waals surface area contributed by atoms with Crippen LogP contribution >= 0.6 is 0 Å². The largest absolute Gasteiger partial charge is 0.480 e. The summed E-state index contributed by atoms with van der Waals surface area (Å²) < 4.78 is 21.5. The normalized spacial score (nSPS) is 13.1. The summed E-state index contributed by atoms with van der Waals surface area (Å²) in [5, 5.41) is 14.1. The number of rotatable bonds is 10. The minimum absolute atomic E-state index is 0.0867. The number of carboxylic acid groups (broad SMARTS) is 1. The van der Waals surface area contributed by atoms with E-state index in [2.05, 4.69) is 10.6 Å². The molecule has 10 heteroatoms. The number of alkyl carbamates (subject to hydrolysis) is 2. The Balaban J connectivity index is 2.26. The zero-order chi connectivity index (χ0) is 22.7. The quantitative estimate of drug-likeness (QED) is 0.475. The Hall–Kier alpha value is -2.62. The highest BCUT2D eigenvalue weighted by Gasteiger charge is 2.23. The molecule has 0 fully saturated rings. The predicted molar refractivity (Wildman–Crippen MR) is 112 cm³/mol. The van der Waals surface area contributed by atoms with Crippen LogP contribution in [0.5, 0.6) is 0 Å². The molecule has 0 aromatic heterocycles. The van der Waals surface area contributed by atoms with Gasteiger partial charge < -0.3 is 25.2 Å². The Kier molecular flexibility index (Phi) is 10.3. The van der Waals surface area contributed by atoms with Crippen molar-refractivity contribution >= 4 is 29.0 Å². The molecule has 0 bridgehead atoms. The fourth-order valence-corrected chi connectivity index (χ4v) is 2.87. The molecule has 2 amide bonds. The standard InChI is InChI=1S/C20H30N2O7S/c1-20(2,3)29-19(26)22-16(17(23)24)7-5-6-12-21-18(25)28-13-14-8-10-15(11-9-14)30(4)27/h8-11,16H,5-7,12-13H2,1-4H3,(H,21,25)(H,22,26)(H,23,24)/t16-,30?/m0/s1. The van der Waals surface area contributed by atoms with Gasteiger partial charge in [0.05, 0.1) is 0 Å². The molecule has 1 rings (SSSR count). The van der Waals surface area contributed by atoms with E-state index >= 15 is 0 Å². The van der Waals surface area contributed by atoms with Gasteiger partial charge in [-0.15, -0.1) is 0 Å². The third-order valence-electron chi connectivity index (χ3n) is 3.80. The third kappa shape index (κ3) is 10.8. The number of aliphatic carboxylic acids is 1. The van der Waals surface area contributed by atoms with Crippen LogP contribution in [0.2, 0.25) is 0 Å². The molecule has 1 unspecified atom stereocenters. The lowest BCUT2D eigenvalue weighted by molar-refractivity contribution is -0.139. The van der Waals surface area contributed by atoms with Gasteiger partial charge in [0, 0.05) is 28.5 Å². The van der Waals surface area contributed by atoms with Crippen LogP contribution in [-0.4, -0.2) is 51.9 Å². The first-order valence-corrected chi connectivity index (χ1v) is 11.1. The maximum Gasteiger partial charge on any atom is 0.408 e. The van der Waals surface area contributed by atoms with E-state index in [1.807, 2.05) is 0 Å². The second-order valence-corrected chi connectivity index (χ2v) is 9.01. The molecule has 0 heterocycles. The van der Waals surface area contributed by atoms with Gasteiger partial charge in [-0.3, -0.25) is 4.21 Å². The molecule has 0 aliphatic carbocycles. The zero-order valence-corrected chi connectivity index (χ0v) is 18.5. The average Bonchev–Trinajstić information content (AvgIpc) is 2.63. The molecular weight excluding hydrogens is 412 g/mol. The van der Waals surface area contributed by atoms with E-state index in [0.717, 1.165) is 5.56 Å². The second kappa shape index (κ2) is 12.2. The highest BCUT2D eigenvalue weighted by molar-refractivity contribution is 7.84. The lowest BCUT2D eigenvalue weighted by Crippen LogP contribution is -2.43. The Morgan fingerprint density at radius 1 is 1.10 bits per heavy atom. The Labute approximate surface area is 179 Å². The van der Waals surface area contributed by atoms with E-state index in [-0.39, 0.29) is 13.0 Å². The number of unbranched alkanes of at least 4 members (excludes halogenated alkanes) is 1. The van der Waals surface area contributed by atoms with E-state index in [1.165, 1.54) is 0 Å². The smallest absolute Gasteiger partial charge is 0.408 e. The Morgan fingerprint density at radius 3 is 2.27 bits per heavy atom. The molecule has 0 saturated carbocycles. The van der Waals surface area contributed by atoms with Gasteiger partial charge in [0.25, 0.3) is 0 Å². The fourth-order valence-electron chi connectivity index (χ4n) is 2.35. The highest BCUT2D eigenvalue weighted by atomic mass is 32.2. The molecule has 0 aliphatic rings. The molecule has 1 aromatic carbocycles. The first kappa shape index (κ1) is 25.4. The molecule has 168 valence electrons. The summed E-state index contributed by atoms with van der Waals surface area (Å²) in [5.74, 6) is -1.15. The predicted octanol–water partition coefficient (Wildman–Crippen LogP) is 2.80. The number of hydrogen-bond donors (Lipinski definition) is 3. The van der Waals surface area contributed by atoms with Crippen molar-refractivity contribution in [2.75, 3.05) is 12.8 Å². The van der Waals surface area contributed by atoms with Crippen LogP contribution in [0.15, 0.2) is 29.2 Å². The fraction of sp³-hybridized carbons (Fsp3) is 0.550. The SMILES string of the molecule is CS(=O)c1ccc(COC(=O)NCCCC[C@H](NC(=O)OC(C)(C)C)C(=O)O)cc1. The summed E-state index contributed by atoms with van der Waals surface area (Å²) in [6.45, 7) is 5.47. The van der Waals surface area contributed by atoms with Crippen LogP contribution in [0.4, 0.5) is 9.59 Å². The molecule has 3 N–H and O–H groups in total. The number of carbonyl (C=O) groups excluding carboxylic acids is 2. The maximum atomic E-state index is 11.7. The molecular formula is C20H30N2O7S. The van der Waals surface area contributed by atoms with Gasteiger partial charge in [-0.2, -0.15) is 0 Å². The van der Waals surface area contributed by atoms with Crippen LogP contribution in [0.3, 0.4) is 0 Å². The van der Waals surface area contributed by atoms with Crippen molar-refractivity contribution in [2.24, 2.45) is 0 Å². The summed E-state index contributed by atoms with van der Waals surface area (Å²) in [7, 11) is -1.06. The van der Waals surface area contributed by atoms with Crippen LogP contribution in [0, 0.1) is 0 Å². The lowest BCUT2D eigenvalue weighted by atomic mass is 10.1. The number of amides is 2. The van der Waals surface area contributed by atoms with Gasteiger partial charge in [-0.1, -0.05) is 12.1 Å². The Bertz CT molecular complexity index is 745. The number of carboxylic acids is 1. The molecule has 30 heavy (non-hydrogen) atoms. The van der Waals surface area contributed by atoms with Crippen molar-refractivity contribution in [3.8, 4) is 0 Å². The number of ether oxygens (including phenoxy) is 2. The molecule has 2 atom stereocenters. The maximum absolute atomic E-state index is 11.7. The molecule has 1 aromatic rings. The summed E-state index contributed by atoms with van der Waals surface area (Å²) >= 11 is 0. The minimum Gasteiger partial charge on any atom is -0.480 e. The summed E-state index contributed by atoms with van der Waals surface area (Å²) in [5.41, 5.74) is 0.0609. The van der Waals surface area contributed by atoms with E-state index in [1.54, 1.807) is 51.3 Å². The first-order valence-electron chi connectivity index (χ1n) is 9.53. The average molecular weight is 443 g/mol. The zero-order valence-electron chi connectivity index (χ0n) is 17.7. The van der Waals surface area contributed by atoms with Crippen molar-refractivity contribution < 1.29 is 33.2 Å². The van der Waals surface area contributed by atoms with Crippen LogP contribution in [0.25, 0.3) is 0 Å². The van der Waals surface area contributed by atoms with E-state index in [9.17, 15) is 23.7 Å². The number of benzene rings is 1. The van der Waals surface area contributed by atoms with Gasteiger partial charge in [0.15, 0.2) is 0 Å². The van der Waals surface area contributed by atoms with Crippen molar-refractivity contribution in [3.63, 3.8) is 0 Å².